The van der Waals surface area contributed by atoms with Crippen molar-refractivity contribution in [1.82, 2.24) is 15.5 Å². The van der Waals surface area contributed by atoms with Crippen LogP contribution in [0, 0.1) is 6.92 Å². The molecule has 1 amide bonds. The lowest BCUT2D eigenvalue weighted by Gasteiger charge is -2.25. The molecule has 154 valence electrons. The summed E-state index contributed by atoms with van der Waals surface area (Å²) in [5.74, 6) is 0.630. The maximum Gasteiger partial charge on any atom is 0.408 e. The lowest BCUT2D eigenvalue weighted by Crippen LogP contribution is -2.38. The third kappa shape index (κ3) is 6.60. The second-order valence-electron chi connectivity index (χ2n) is 8.48. The first-order chi connectivity index (χ1) is 12.9. The van der Waals surface area contributed by atoms with E-state index in [2.05, 4.69) is 31.4 Å². The minimum Gasteiger partial charge on any atom is -0.444 e. The molecule has 7 nitrogen and oxygen atoms in total. The molecule has 0 aliphatic rings. The molecule has 1 N–H and O–H groups in total. The fourth-order valence-corrected chi connectivity index (χ4v) is 2.65. The van der Waals surface area contributed by atoms with Crippen LogP contribution in [-0.2, 0) is 9.47 Å². The normalized spacial score (nSPS) is 13.3. The van der Waals surface area contributed by atoms with Crippen LogP contribution in [0.1, 0.15) is 59.0 Å². The van der Waals surface area contributed by atoms with Gasteiger partial charge >= 0.3 is 6.09 Å². The number of rotatable bonds is 5. The molecule has 2 rings (SSSR count). The van der Waals surface area contributed by atoms with Gasteiger partial charge in [0, 0.05) is 10.0 Å². The van der Waals surface area contributed by atoms with Gasteiger partial charge in [0.2, 0.25) is 11.8 Å². The number of nitrogens with zero attached hydrogens (tertiary/aromatic N) is 2. The highest BCUT2D eigenvalue weighted by atomic mass is 79.9. The number of alkyl carbamates (subject to hydrolysis) is 1. The Morgan fingerprint density at radius 1 is 1.18 bits per heavy atom. The van der Waals surface area contributed by atoms with Crippen LogP contribution in [0.3, 0.4) is 0 Å². The summed E-state index contributed by atoms with van der Waals surface area (Å²) in [6, 6.07) is 5.11. The molecule has 0 bridgehead atoms. The molecule has 0 saturated carbocycles. The van der Waals surface area contributed by atoms with Gasteiger partial charge < -0.3 is 19.2 Å². The molecule has 1 aromatic carbocycles. The summed E-state index contributed by atoms with van der Waals surface area (Å²) in [5, 5.41) is 11.0. The fourth-order valence-electron chi connectivity index (χ4n) is 2.28. The molecule has 1 heterocycles. The monoisotopic (exact) mass is 453 g/mol. The lowest BCUT2D eigenvalue weighted by molar-refractivity contribution is -0.0206. The summed E-state index contributed by atoms with van der Waals surface area (Å²) in [6.07, 6.45) is -0.576. The van der Waals surface area contributed by atoms with E-state index in [4.69, 9.17) is 13.9 Å². The van der Waals surface area contributed by atoms with E-state index >= 15 is 0 Å². The summed E-state index contributed by atoms with van der Waals surface area (Å²) >= 11 is 3.50. The van der Waals surface area contributed by atoms with Crippen molar-refractivity contribution in [3.05, 3.63) is 34.1 Å². The van der Waals surface area contributed by atoms with Crippen molar-refractivity contribution >= 4 is 22.0 Å². The molecule has 0 aliphatic carbocycles. The number of hydrogen-bond donors (Lipinski definition) is 1. The first-order valence-corrected chi connectivity index (χ1v) is 9.87. The Morgan fingerprint density at radius 2 is 1.86 bits per heavy atom. The zero-order valence-corrected chi connectivity index (χ0v) is 19.0. The fraction of sp³-hybridized carbons (Fsp3) is 0.550. The molecule has 1 aromatic heterocycles. The van der Waals surface area contributed by atoms with Crippen LogP contribution < -0.4 is 5.32 Å². The SMILES string of the molecule is Cc1c(Br)cccc1-c1nnc(C(COC(C)(C)C)NC(=O)OC(C)(C)C)o1. The summed E-state index contributed by atoms with van der Waals surface area (Å²) in [7, 11) is 0. The number of halogens is 1. The van der Waals surface area contributed by atoms with E-state index in [1.165, 1.54) is 0 Å². The van der Waals surface area contributed by atoms with Gasteiger partial charge in [-0.1, -0.05) is 22.0 Å². The van der Waals surface area contributed by atoms with Crippen molar-refractivity contribution in [2.24, 2.45) is 0 Å². The van der Waals surface area contributed by atoms with Gasteiger partial charge in [0.05, 0.1) is 12.2 Å². The van der Waals surface area contributed by atoms with Crippen LogP contribution in [0.2, 0.25) is 0 Å². The Hall–Kier alpha value is -1.93. The Morgan fingerprint density at radius 3 is 2.46 bits per heavy atom. The van der Waals surface area contributed by atoms with Crippen molar-refractivity contribution in [3.8, 4) is 11.5 Å². The number of hydrogen-bond acceptors (Lipinski definition) is 6. The highest BCUT2D eigenvalue weighted by molar-refractivity contribution is 9.10. The van der Waals surface area contributed by atoms with Crippen molar-refractivity contribution in [3.63, 3.8) is 0 Å². The van der Waals surface area contributed by atoms with Gasteiger partial charge in [-0.15, -0.1) is 10.2 Å². The second kappa shape index (κ2) is 8.61. The maximum atomic E-state index is 12.3. The van der Waals surface area contributed by atoms with Crippen LogP contribution in [0.15, 0.2) is 27.1 Å². The van der Waals surface area contributed by atoms with Gasteiger partial charge in [-0.2, -0.15) is 0 Å². The molecule has 0 saturated heterocycles. The van der Waals surface area contributed by atoms with Gasteiger partial charge in [0.25, 0.3) is 0 Å². The molecule has 0 spiro atoms. The van der Waals surface area contributed by atoms with E-state index in [1.807, 2.05) is 45.9 Å². The number of amides is 1. The van der Waals surface area contributed by atoms with Gasteiger partial charge in [-0.3, -0.25) is 0 Å². The van der Waals surface area contributed by atoms with E-state index in [0.717, 1.165) is 15.6 Å². The Bertz CT molecular complexity index is 822. The molecular formula is C20H28BrN3O4. The van der Waals surface area contributed by atoms with Gasteiger partial charge in [-0.25, -0.2) is 4.79 Å². The third-order valence-electron chi connectivity index (χ3n) is 3.61. The predicted octanol–water partition coefficient (Wildman–Crippen LogP) is 5.19. The standard InChI is InChI=1S/C20H28BrN3O4/c1-12-13(9-8-10-14(12)21)16-23-24-17(27-16)15(11-26-19(2,3)4)22-18(25)28-20(5,6)7/h8-10,15H,11H2,1-7H3,(H,22,25). The summed E-state index contributed by atoms with van der Waals surface area (Å²) in [5.41, 5.74) is 0.797. The van der Waals surface area contributed by atoms with Crippen LogP contribution in [0.25, 0.3) is 11.5 Å². The average molecular weight is 454 g/mol. The van der Waals surface area contributed by atoms with Crippen molar-refractivity contribution in [2.45, 2.75) is 65.7 Å². The van der Waals surface area contributed by atoms with E-state index in [-0.39, 0.29) is 12.5 Å². The number of carbonyl (C=O) groups excluding carboxylic acids is 1. The molecule has 2 aromatic rings. The first-order valence-electron chi connectivity index (χ1n) is 9.08. The van der Waals surface area contributed by atoms with E-state index < -0.39 is 23.3 Å². The molecule has 0 radical (unpaired) electrons. The van der Waals surface area contributed by atoms with Crippen LogP contribution in [-0.4, -0.2) is 34.1 Å². The highest BCUT2D eigenvalue weighted by Crippen LogP contribution is 2.29. The van der Waals surface area contributed by atoms with Crippen molar-refractivity contribution in [1.29, 1.82) is 0 Å². The van der Waals surface area contributed by atoms with Crippen molar-refractivity contribution in [2.75, 3.05) is 6.61 Å². The van der Waals surface area contributed by atoms with E-state index in [1.54, 1.807) is 20.8 Å². The predicted molar refractivity (Wildman–Crippen MR) is 110 cm³/mol. The second-order valence-corrected chi connectivity index (χ2v) is 9.33. The van der Waals surface area contributed by atoms with Crippen molar-refractivity contribution < 1.29 is 18.7 Å². The smallest absolute Gasteiger partial charge is 0.408 e. The average Bonchev–Trinajstić information content (AvgIpc) is 3.01. The van der Waals surface area contributed by atoms with E-state index in [9.17, 15) is 4.79 Å². The topological polar surface area (TPSA) is 86.5 Å². The zero-order valence-electron chi connectivity index (χ0n) is 17.4. The summed E-state index contributed by atoms with van der Waals surface area (Å²) in [4.78, 5) is 12.3. The number of benzene rings is 1. The third-order valence-corrected chi connectivity index (χ3v) is 4.47. The van der Waals surface area contributed by atoms with Gasteiger partial charge in [0.15, 0.2) is 0 Å². The van der Waals surface area contributed by atoms with Crippen LogP contribution in [0.4, 0.5) is 4.79 Å². The van der Waals surface area contributed by atoms with E-state index in [0.29, 0.717) is 5.89 Å². The lowest BCUT2D eigenvalue weighted by atomic mass is 10.1. The Balaban J connectivity index is 2.26. The molecule has 0 fully saturated rings. The molecular weight excluding hydrogens is 426 g/mol. The first kappa shape index (κ1) is 22.4. The maximum absolute atomic E-state index is 12.3. The zero-order chi connectivity index (χ0) is 21.1. The van der Waals surface area contributed by atoms with Crippen LogP contribution >= 0.6 is 15.9 Å². The molecule has 1 atom stereocenters. The number of aromatic nitrogens is 2. The minimum atomic E-state index is -0.636. The minimum absolute atomic E-state index is 0.168. The number of ether oxygens (including phenoxy) is 2. The largest absolute Gasteiger partial charge is 0.444 e. The molecule has 28 heavy (non-hydrogen) atoms. The van der Waals surface area contributed by atoms with Gasteiger partial charge in [-0.05, 0) is 66.2 Å². The Labute approximate surface area is 174 Å². The van der Waals surface area contributed by atoms with Gasteiger partial charge in [0.1, 0.15) is 11.6 Å². The molecule has 8 heteroatoms. The molecule has 0 aliphatic heterocycles. The van der Waals surface area contributed by atoms with Crippen LogP contribution in [0.5, 0.6) is 0 Å². The number of carbonyl (C=O) groups is 1. The molecule has 1 unspecified atom stereocenters. The quantitative estimate of drug-likeness (QED) is 0.669. The summed E-state index contributed by atoms with van der Waals surface area (Å²) < 4.78 is 18.0. The Kier molecular flexibility index (Phi) is 6.88. The summed E-state index contributed by atoms with van der Waals surface area (Å²) in [6.45, 7) is 13.3. The highest BCUT2D eigenvalue weighted by Gasteiger charge is 2.27. The number of nitrogens with one attached hydrogen (secondary N) is 1.